The topological polar surface area (TPSA) is 15.3 Å². The van der Waals surface area contributed by atoms with Crippen molar-refractivity contribution in [1.82, 2.24) is 0 Å². The van der Waals surface area contributed by atoms with E-state index in [-0.39, 0.29) is 0 Å². The summed E-state index contributed by atoms with van der Waals surface area (Å²) in [4.78, 5) is 2.11. The Bertz CT molecular complexity index is 551. The van der Waals surface area contributed by atoms with Crippen molar-refractivity contribution in [3.63, 3.8) is 0 Å². The normalized spacial score (nSPS) is 10.3. The maximum Gasteiger partial charge on any atom is 0.0597 e. The monoisotopic (exact) mass is 382 g/mol. The first-order valence-electron chi connectivity index (χ1n) is 6.01. The molecule has 19 heavy (non-hydrogen) atoms. The molecule has 0 unspecified atom stereocenters. The van der Waals surface area contributed by atoms with Crippen LogP contribution in [0, 0.1) is 0 Å². The van der Waals surface area contributed by atoms with Crippen LogP contribution >= 0.6 is 31.9 Å². The predicted octanol–water partition coefficient (Wildman–Crippen LogP) is 4.89. The van der Waals surface area contributed by atoms with Gasteiger partial charge in [-0.2, -0.15) is 0 Å². The molecule has 100 valence electrons. The van der Waals surface area contributed by atoms with Crippen LogP contribution in [0.4, 0.5) is 11.4 Å². The van der Waals surface area contributed by atoms with Gasteiger partial charge in [0.05, 0.1) is 11.4 Å². The van der Waals surface area contributed by atoms with Crippen molar-refractivity contribution in [2.24, 2.45) is 0 Å². The Hall–Kier alpha value is -1.00. The van der Waals surface area contributed by atoms with Crippen LogP contribution in [-0.4, -0.2) is 14.1 Å². The minimum atomic E-state index is 0.810. The molecule has 0 aliphatic rings. The van der Waals surface area contributed by atoms with E-state index in [1.807, 2.05) is 14.1 Å². The summed E-state index contributed by atoms with van der Waals surface area (Å²) in [5.74, 6) is 0. The fourth-order valence-electron chi connectivity index (χ4n) is 1.84. The maximum absolute atomic E-state index is 3.52. The highest BCUT2D eigenvalue weighted by atomic mass is 79.9. The first-order chi connectivity index (χ1) is 9.06. The molecule has 0 aliphatic carbocycles. The van der Waals surface area contributed by atoms with Crippen LogP contribution in [0.5, 0.6) is 0 Å². The van der Waals surface area contributed by atoms with Gasteiger partial charge in [-0.15, -0.1) is 0 Å². The van der Waals surface area contributed by atoms with Gasteiger partial charge in [0, 0.05) is 29.6 Å². The Morgan fingerprint density at radius 2 is 1.58 bits per heavy atom. The lowest BCUT2D eigenvalue weighted by Gasteiger charge is -2.19. The van der Waals surface area contributed by atoms with Gasteiger partial charge in [-0.25, -0.2) is 0 Å². The van der Waals surface area contributed by atoms with Crippen molar-refractivity contribution in [1.29, 1.82) is 0 Å². The molecule has 2 rings (SSSR count). The summed E-state index contributed by atoms with van der Waals surface area (Å²) >= 11 is 6.96. The average molecular weight is 384 g/mol. The molecule has 1 N–H and O–H groups in total. The third kappa shape index (κ3) is 3.98. The van der Waals surface area contributed by atoms with Gasteiger partial charge < -0.3 is 10.2 Å². The zero-order chi connectivity index (χ0) is 13.8. The van der Waals surface area contributed by atoms with E-state index in [0.29, 0.717) is 0 Å². The van der Waals surface area contributed by atoms with Crippen LogP contribution in [-0.2, 0) is 6.54 Å². The highest BCUT2D eigenvalue weighted by Crippen LogP contribution is 2.28. The van der Waals surface area contributed by atoms with E-state index in [4.69, 9.17) is 0 Å². The molecule has 0 aliphatic heterocycles. The molecule has 0 saturated carbocycles. The molecule has 0 amide bonds. The van der Waals surface area contributed by atoms with Crippen molar-refractivity contribution >= 4 is 43.2 Å². The van der Waals surface area contributed by atoms with E-state index in [9.17, 15) is 0 Å². The molecule has 2 aromatic carbocycles. The standard InChI is InChI=1S/C15H16Br2N2/c1-19(2)15-8-7-13(17)9-14(15)18-10-11-3-5-12(16)6-4-11/h3-9,18H,10H2,1-2H3. The molecular formula is C15H16Br2N2. The number of hydrogen-bond donors (Lipinski definition) is 1. The predicted molar refractivity (Wildman–Crippen MR) is 89.9 cm³/mol. The van der Waals surface area contributed by atoms with Gasteiger partial charge in [0.25, 0.3) is 0 Å². The number of benzene rings is 2. The highest BCUT2D eigenvalue weighted by molar-refractivity contribution is 9.10. The SMILES string of the molecule is CN(C)c1ccc(Br)cc1NCc1ccc(Br)cc1. The van der Waals surface area contributed by atoms with E-state index in [1.54, 1.807) is 0 Å². The maximum atomic E-state index is 3.52. The summed E-state index contributed by atoms with van der Waals surface area (Å²) in [7, 11) is 4.10. The number of rotatable bonds is 4. The van der Waals surface area contributed by atoms with Crippen molar-refractivity contribution in [2.45, 2.75) is 6.54 Å². The van der Waals surface area contributed by atoms with Crippen LogP contribution in [0.2, 0.25) is 0 Å². The zero-order valence-corrected chi connectivity index (χ0v) is 14.1. The lowest BCUT2D eigenvalue weighted by Crippen LogP contribution is -2.12. The number of nitrogens with zero attached hydrogens (tertiary/aromatic N) is 1. The molecule has 2 aromatic rings. The van der Waals surface area contributed by atoms with Gasteiger partial charge in [0.15, 0.2) is 0 Å². The Morgan fingerprint density at radius 3 is 2.21 bits per heavy atom. The molecule has 0 spiro atoms. The molecule has 0 aromatic heterocycles. The van der Waals surface area contributed by atoms with Crippen LogP contribution in [0.3, 0.4) is 0 Å². The second-order valence-electron chi connectivity index (χ2n) is 4.54. The molecule has 0 atom stereocenters. The van der Waals surface area contributed by atoms with Crippen LogP contribution in [0.25, 0.3) is 0 Å². The van der Waals surface area contributed by atoms with E-state index in [1.165, 1.54) is 11.3 Å². The Balaban J connectivity index is 2.14. The van der Waals surface area contributed by atoms with E-state index in [0.717, 1.165) is 21.2 Å². The minimum Gasteiger partial charge on any atom is -0.379 e. The fraction of sp³-hybridized carbons (Fsp3) is 0.200. The summed E-state index contributed by atoms with van der Waals surface area (Å²) in [5.41, 5.74) is 3.57. The van der Waals surface area contributed by atoms with Crippen molar-refractivity contribution in [3.8, 4) is 0 Å². The van der Waals surface area contributed by atoms with Crippen LogP contribution < -0.4 is 10.2 Å². The zero-order valence-electron chi connectivity index (χ0n) is 11.0. The largest absolute Gasteiger partial charge is 0.379 e. The van der Waals surface area contributed by atoms with Gasteiger partial charge in [0.2, 0.25) is 0 Å². The second-order valence-corrected chi connectivity index (χ2v) is 6.37. The highest BCUT2D eigenvalue weighted by Gasteiger charge is 2.05. The molecule has 4 heteroatoms. The number of anilines is 2. The fourth-order valence-corrected chi connectivity index (χ4v) is 2.46. The summed E-state index contributed by atoms with van der Waals surface area (Å²) in [6, 6.07) is 14.6. The molecule has 0 fully saturated rings. The van der Waals surface area contributed by atoms with E-state index < -0.39 is 0 Å². The summed E-state index contributed by atoms with van der Waals surface area (Å²) in [6.45, 7) is 0.810. The molecule has 0 bridgehead atoms. The van der Waals surface area contributed by atoms with Crippen molar-refractivity contribution in [2.75, 3.05) is 24.3 Å². The molecule has 0 saturated heterocycles. The lowest BCUT2D eigenvalue weighted by atomic mass is 10.2. The number of nitrogens with one attached hydrogen (secondary N) is 1. The Kier molecular flexibility index (Phi) is 4.88. The Labute approximate surface area is 131 Å². The lowest BCUT2D eigenvalue weighted by molar-refractivity contribution is 1.10. The van der Waals surface area contributed by atoms with Crippen LogP contribution in [0.15, 0.2) is 51.4 Å². The first-order valence-corrected chi connectivity index (χ1v) is 7.60. The second kappa shape index (κ2) is 6.44. The summed E-state index contributed by atoms with van der Waals surface area (Å²) in [6.07, 6.45) is 0. The molecular weight excluding hydrogens is 368 g/mol. The smallest absolute Gasteiger partial charge is 0.0597 e. The molecule has 2 nitrogen and oxygen atoms in total. The summed E-state index contributed by atoms with van der Waals surface area (Å²) < 4.78 is 2.18. The average Bonchev–Trinajstić information content (AvgIpc) is 2.38. The molecule has 0 heterocycles. The third-order valence-electron chi connectivity index (χ3n) is 2.84. The first kappa shape index (κ1) is 14.4. The van der Waals surface area contributed by atoms with Gasteiger partial charge in [-0.05, 0) is 35.9 Å². The van der Waals surface area contributed by atoms with Gasteiger partial charge in [-0.3, -0.25) is 0 Å². The van der Waals surface area contributed by atoms with Gasteiger partial charge >= 0.3 is 0 Å². The number of hydrogen-bond acceptors (Lipinski definition) is 2. The minimum absolute atomic E-state index is 0.810. The summed E-state index contributed by atoms with van der Waals surface area (Å²) in [5, 5.41) is 3.48. The van der Waals surface area contributed by atoms with Gasteiger partial charge in [0.1, 0.15) is 0 Å². The number of halogens is 2. The quantitative estimate of drug-likeness (QED) is 0.808. The molecule has 0 radical (unpaired) electrons. The third-order valence-corrected chi connectivity index (χ3v) is 3.86. The van der Waals surface area contributed by atoms with Crippen molar-refractivity contribution in [3.05, 3.63) is 57.0 Å². The van der Waals surface area contributed by atoms with Crippen LogP contribution in [0.1, 0.15) is 5.56 Å². The van der Waals surface area contributed by atoms with Gasteiger partial charge in [-0.1, -0.05) is 44.0 Å². The van der Waals surface area contributed by atoms with Crippen molar-refractivity contribution < 1.29 is 0 Å². The van der Waals surface area contributed by atoms with E-state index in [2.05, 4.69) is 84.5 Å². The Morgan fingerprint density at radius 1 is 0.947 bits per heavy atom. The van der Waals surface area contributed by atoms with E-state index >= 15 is 0 Å².